The molecule has 4 heteroatoms. The Morgan fingerprint density at radius 1 is 1.56 bits per heavy atom. The fourth-order valence-corrected chi connectivity index (χ4v) is 2.50. The summed E-state index contributed by atoms with van der Waals surface area (Å²) in [5.74, 6) is 0.141. The summed E-state index contributed by atoms with van der Waals surface area (Å²) in [4.78, 5) is 16.1. The lowest BCUT2D eigenvalue weighted by molar-refractivity contribution is 0.0947. The van der Waals surface area contributed by atoms with E-state index in [2.05, 4.69) is 6.07 Å². The van der Waals surface area contributed by atoms with Gasteiger partial charge in [-0.15, -0.1) is 11.3 Å². The number of carbonyl (C=O) groups is 1. The smallest absolute Gasteiger partial charge is 0.177 e. The Hall–Kier alpha value is -1.18. The Morgan fingerprint density at radius 2 is 2.25 bits per heavy atom. The number of ketones is 1. The van der Waals surface area contributed by atoms with E-state index in [4.69, 9.17) is 5.26 Å². The molecule has 0 spiro atoms. The van der Waals surface area contributed by atoms with E-state index in [9.17, 15) is 4.79 Å². The summed E-state index contributed by atoms with van der Waals surface area (Å²) in [6, 6.07) is 4.02. The van der Waals surface area contributed by atoms with Crippen LogP contribution in [0.5, 0.6) is 0 Å². The van der Waals surface area contributed by atoms with Crippen molar-refractivity contribution >= 4 is 17.1 Å². The monoisotopic (exact) mass is 236 g/mol. The van der Waals surface area contributed by atoms with Gasteiger partial charge in [-0.05, 0) is 27.0 Å². The highest BCUT2D eigenvalue weighted by Crippen LogP contribution is 2.21. The molecule has 1 heterocycles. The van der Waals surface area contributed by atoms with Crippen LogP contribution >= 0.6 is 11.3 Å². The van der Waals surface area contributed by atoms with Gasteiger partial charge in [0.05, 0.1) is 12.6 Å². The number of thiophene rings is 1. The molecule has 0 aliphatic carbocycles. The topological polar surface area (TPSA) is 44.1 Å². The van der Waals surface area contributed by atoms with E-state index in [-0.39, 0.29) is 5.78 Å². The molecule has 16 heavy (non-hydrogen) atoms. The number of hydrogen-bond acceptors (Lipinski definition) is 4. The standard InChI is InChI=1S/C12H16N2OS/c1-9-7-11(10(2)16-9)12(15)8-14(3)6-4-5-13/h7H,4,6,8H2,1-3H3. The Labute approximate surface area is 100 Å². The van der Waals surface area contributed by atoms with Crippen molar-refractivity contribution < 1.29 is 4.79 Å². The van der Waals surface area contributed by atoms with E-state index in [0.717, 1.165) is 10.4 Å². The molecular formula is C12H16N2OS. The normalized spacial score (nSPS) is 10.4. The van der Waals surface area contributed by atoms with Gasteiger partial charge in [0, 0.05) is 28.3 Å². The fraction of sp³-hybridized carbons (Fsp3) is 0.500. The lowest BCUT2D eigenvalue weighted by Crippen LogP contribution is -2.26. The third-order valence-electron chi connectivity index (χ3n) is 2.36. The van der Waals surface area contributed by atoms with Gasteiger partial charge in [-0.3, -0.25) is 9.69 Å². The summed E-state index contributed by atoms with van der Waals surface area (Å²) >= 11 is 1.65. The number of hydrogen-bond donors (Lipinski definition) is 0. The SMILES string of the molecule is Cc1cc(C(=O)CN(C)CCC#N)c(C)s1. The zero-order valence-electron chi connectivity index (χ0n) is 9.91. The molecule has 0 unspecified atom stereocenters. The summed E-state index contributed by atoms with van der Waals surface area (Å²) in [7, 11) is 1.86. The minimum Gasteiger partial charge on any atom is -0.298 e. The number of aryl methyl sites for hydroxylation is 2. The summed E-state index contributed by atoms with van der Waals surface area (Å²) in [6.45, 7) is 5.01. The fourth-order valence-electron chi connectivity index (χ4n) is 1.56. The van der Waals surface area contributed by atoms with Crippen molar-refractivity contribution in [2.45, 2.75) is 20.3 Å². The molecule has 0 aromatic carbocycles. The lowest BCUT2D eigenvalue weighted by atomic mass is 10.1. The molecule has 1 aromatic heterocycles. The predicted molar refractivity (Wildman–Crippen MR) is 65.9 cm³/mol. The molecule has 1 rings (SSSR count). The average Bonchev–Trinajstić information content (AvgIpc) is 2.54. The number of nitrogens with zero attached hydrogens (tertiary/aromatic N) is 2. The van der Waals surface area contributed by atoms with E-state index in [1.54, 1.807) is 11.3 Å². The Morgan fingerprint density at radius 3 is 2.75 bits per heavy atom. The Bertz CT molecular complexity index is 417. The molecule has 86 valence electrons. The van der Waals surface area contributed by atoms with Crippen LogP contribution in [-0.4, -0.2) is 30.8 Å². The number of carbonyl (C=O) groups excluding carboxylic acids is 1. The van der Waals surface area contributed by atoms with Gasteiger partial charge in [0.15, 0.2) is 5.78 Å². The van der Waals surface area contributed by atoms with E-state index in [1.165, 1.54) is 4.88 Å². The first-order valence-electron chi connectivity index (χ1n) is 5.20. The highest BCUT2D eigenvalue weighted by molar-refractivity contribution is 7.12. The molecule has 0 saturated carbocycles. The van der Waals surface area contributed by atoms with Crippen molar-refractivity contribution in [1.29, 1.82) is 5.26 Å². The molecule has 0 fully saturated rings. The molecule has 3 nitrogen and oxygen atoms in total. The quantitative estimate of drug-likeness (QED) is 0.737. The molecule has 0 saturated heterocycles. The second-order valence-corrected chi connectivity index (χ2v) is 5.36. The Kier molecular flexibility index (Phi) is 4.66. The summed E-state index contributed by atoms with van der Waals surface area (Å²) in [6.07, 6.45) is 0.464. The second-order valence-electron chi connectivity index (χ2n) is 3.90. The van der Waals surface area contributed by atoms with Crippen molar-refractivity contribution in [2.24, 2.45) is 0 Å². The molecule has 1 aromatic rings. The number of nitriles is 1. The first kappa shape index (κ1) is 12.9. The van der Waals surface area contributed by atoms with Crippen LogP contribution in [0, 0.1) is 25.2 Å². The third kappa shape index (κ3) is 3.44. The van der Waals surface area contributed by atoms with Crippen LogP contribution in [0.2, 0.25) is 0 Å². The van der Waals surface area contributed by atoms with E-state index < -0.39 is 0 Å². The molecule has 0 N–H and O–H groups in total. The highest BCUT2D eigenvalue weighted by Gasteiger charge is 2.13. The zero-order chi connectivity index (χ0) is 12.1. The molecule has 0 atom stereocenters. The van der Waals surface area contributed by atoms with Crippen molar-refractivity contribution in [1.82, 2.24) is 4.90 Å². The molecular weight excluding hydrogens is 220 g/mol. The first-order valence-corrected chi connectivity index (χ1v) is 6.02. The maximum atomic E-state index is 11.9. The summed E-state index contributed by atoms with van der Waals surface area (Å²) in [5.41, 5.74) is 0.825. The minimum absolute atomic E-state index is 0.141. The molecule has 0 amide bonds. The number of likely N-dealkylation sites (N-methyl/N-ethyl adjacent to an activating group) is 1. The van der Waals surface area contributed by atoms with E-state index in [0.29, 0.717) is 19.5 Å². The third-order valence-corrected chi connectivity index (χ3v) is 3.33. The van der Waals surface area contributed by atoms with Gasteiger partial charge < -0.3 is 0 Å². The van der Waals surface area contributed by atoms with Crippen LogP contribution < -0.4 is 0 Å². The predicted octanol–water partition coefficient (Wildman–Crippen LogP) is 2.39. The van der Waals surface area contributed by atoms with Gasteiger partial charge in [-0.25, -0.2) is 0 Å². The van der Waals surface area contributed by atoms with Crippen molar-refractivity contribution in [2.75, 3.05) is 20.1 Å². The molecule has 0 bridgehead atoms. The van der Waals surface area contributed by atoms with Gasteiger partial charge in [0.1, 0.15) is 0 Å². The van der Waals surface area contributed by atoms with Crippen LogP contribution in [0.15, 0.2) is 6.07 Å². The summed E-state index contributed by atoms with van der Waals surface area (Å²) < 4.78 is 0. The van der Waals surface area contributed by atoms with Crippen LogP contribution in [0.4, 0.5) is 0 Å². The second kappa shape index (κ2) is 5.78. The summed E-state index contributed by atoms with van der Waals surface area (Å²) in [5, 5.41) is 8.45. The van der Waals surface area contributed by atoms with Crippen LogP contribution in [0.25, 0.3) is 0 Å². The van der Waals surface area contributed by atoms with Crippen LogP contribution in [0.1, 0.15) is 26.5 Å². The van der Waals surface area contributed by atoms with E-state index in [1.807, 2.05) is 31.9 Å². The number of Topliss-reactive ketones (excluding diaryl/α,β-unsaturated/α-hetero) is 1. The van der Waals surface area contributed by atoms with Crippen molar-refractivity contribution in [3.8, 4) is 6.07 Å². The highest BCUT2D eigenvalue weighted by atomic mass is 32.1. The van der Waals surface area contributed by atoms with Crippen LogP contribution in [0.3, 0.4) is 0 Å². The zero-order valence-corrected chi connectivity index (χ0v) is 10.7. The lowest BCUT2D eigenvalue weighted by Gasteiger charge is -2.13. The van der Waals surface area contributed by atoms with Gasteiger partial charge in [0.25, 0.3) is 0 Å². The maximum absolute atomic E-state index is 11.9. The number of rotatable bonds is 5. The van der Waals surface area contributed by atoms with Crippen LogP contribution in [-0.2, 0) is 0 Å². The minimum atomic E-state index is 0.141. The Balaban J connectivity index is 2.59. The van der Waals surface area contributed by atoms with E-state index >= 15 is 0 Å². The first-order chi connectivity index (χ1) is 7.54. The molecule has 0 aliphatic heterocycles. The average molecular weight is 236 g/mol. The van der Waals surface area contributed by atoms with Gasteiger partial charge >= 0.3 is 0 Å². The van der Waals surface area contributed by atoms with Gasteiger partial charge in [-0.1, -0.05) is 0 Å². The van der Waals surface area contributed by atoms with Crippen molar-refractivity contribution in [3.63, 3.8) is 0 Å². The molecule has 0 aliphatic rings. The van der Waals surface area contributed by atoms with Gasteiger partial charge in [-0.2, -0.15) is 5.26 Å². The van der Waals surface area contributed by atoms with Crippen molar-refractivity contribution in [3.05, 3.63) is 21.4 Å². The maximum Gasteiger partial charge on any atom is 0.177 e. The molecule has 0 radical (unpaired) electrons. The van der Waals surface area contributed by atoms with Gasteiger partial charge in [0.2, 0.25) is 0 Å². The largest absolute Gasteiger partial charge is 0.298 e.